The second-order valence-corrected chi connectivity index (χ2v) is 7.45. The van der Waals surface area contributed by atoms with Gasteiger partial charge in [0.25, 0.3) is 0 Å². The molecule has 0 aromatic heterocycles. The fourth-order valence-corrected chi connectivity index (χ4v) is 4.61. The van der Waals surface area contributed by atoms with Crippen molar-refractivity contribution in [2.75, 3.05) is 6.61 Å². The van der Waals surface area contributed by atoms with E-state index in [-0.39, 0.29) is 11.5 Å². The Morgan fingerprint density at radius 1 is 1.35 bits per heavy atom. The maximum Gasteiger partial charge on any atom is 0.305 e. The van der Waals surface area contributed by atoms with Gasteiger partial charge in [0, 0.05) is 18.0 Å². The molecule has 1 N–H and O–H groups in total. The first kappa shape index (κ1) is 15.8. The van der Waals surface area contributed by atoms with E-state index in [4.69, 9.17) is 4.74 Å². The number of ether oxygens (including phenoxy) is 1. The first-order valence-corrected chi connectivity index (χ1v) is 8.36. The number of hydrogen-bond acceptors (Lipinski definition) is 3. The number of esters is 1. The van der Waals surface area contributed by atoms with Crippen molar-refractivity contribution in [3.63, 3.8) is 0 Å². The highest BCUT2D eigenvalue weighted by molar-refractivity contribution is 5.68. The van der Waals surface area contributed by atoms with E-state index in [1.807, 2.05) is 6.92 Å². The van der Waals surface area contributed by atoms with Gasteiger partial charge in [0.15, 0.2) is 0 Å². The Hall–Kier alpha value is -0.570. The normalized spacial score (nSPS) is 36.2. The Labute approximate surface area is 123 Å². The molecule has 1 saturated heterocycles. The molecule has 1 aliphatic heterocycles. The quantitative estimate of drug-likeness (QED) is 0.801. The maximum atomic E-state index is 11.3. The monoisotopic (exact) mass is 281 g/mol. The molecule has 0 amide bonds. The van der Waals surface area contributed by atoms with Crippen LogP contribution in [0.3, 0.4) is 0 Å². The molecule has 0 aromatic rings. The highest BCUT2D eigenvalue weighted by Gasteiger charge is 2.43. The minimum absolute atomic E-state index is 0.0617. The summed E-state index contributed by atoms with van der Waals surface area (Å²) in [6.45, 7) is 9.53. The summed E-state index contributed by atoms with van der Waals surface area (Å²) in [5.74, 6) is 2.19. The van der Waals surface area contributed by atoms with E-state index in [1.165, 1.54) is 25.7 Å². The summed E-state index contributed by atoms with van der Waals surface area (Å²) >= 11 is 0. The van der Waals surface area contributed by atoms with Crippen molar-refractivity contribution in [3.05, 3.63) is 0 Å². The summed E-state index contributed by atoms with van der Waals surface area (Å²) in [6.07, 6.45) is 6.70. The lowest BCUT2D eigenvalue weighted by Crippen LogP contribution is -2.59. The van der Waals surface area contributed by atoms with E-state index >= 15 is 0 Å². The molecule has 1 heterocycles. The van der Waals surface area contributed by atoms with Gasteiger partial charge in [-0.1, -0.05) is 20.3 Å². The van der Waals surface area contributed by atoms with E-state index in [1.54, 1.807) is 0 Å². The highest BCUT2D eigenvalue weighted by Crippen LogP contribution is 2.43. The van der Waals surface area contributed by atoms with Gasteiger partial charge in [-0.05, 0) is 57.3 Å². The number of carbonyl (C=O) groups is 1. The second kappa shape index (κ2) is 6.46. The summed E-state index contributed by atoms with van der Waals surface area (Å²) in [5.41, 5.74) is 0.275. The van der Waals surface area contributed by atoms with Crippen LogP contribution in [0.2, 0.25) is 0 Å². The van der Waals surface area contributed by atoms with Crippen LogP contribution in [0.25, 0.3) is 0 Å². The fourth-order valence-electron chi connectivity index (χ4n) is 4.61. The number of fused-ring (bicyclic) bond motifs is 1. The maximum absolute atomic E-state index is 11.3. The Kier molecular flexibility index (Phi) is 5.11. The van der Waals surface area contributed by atoms with Crippen LogP contribution in [0.4, 0.5) is 0 Å². The minimum atomic E-state index is -0.0617. The molecular weight excluding hydrogens is 250 g/mol. The molecule has 0 bridgehead atoms. The van der Waals surface area contributed by atoms with Crippen molar-refractivity contribution in [3.8, 4) is 0 Å². The van der Waals surface area contributed by atoms with Crippen molar-refractivity contribution in [2.45, 2.75) is 77.8 Å². The summed E-state index contributed by atoms with van der Waals surface area (Å²) in [7, 11) is 0. The van der Waals surface area contributed by atoms with E-state index in [9.17, 15) is 4.79 Å². The Morgan fingerprint density at radius 2 is 2.10 bits per heavy atom. The second-order valence-electron chi connectivity index (χ2n) is 7.45. The average Bonchev–Trinajstić information content (AvgIpc) is 2.36. The van der Waals surface area contributed by atoms with Crippen LogP contribution in [-0.2, 0) is 9.53 Å². The molecular formula is C17H31NO2. The SMILES string of the molecule is CCC(=O)OCCC1CCCC2NC(C)(C)CC(C)C12. The molecule has 0 radical (unpaired) electrons. The molecule has 4 unspecified atom stereocenters. The van der Waals surface area contributed by atoms with Gasteiger partial charge in [0.2, 0.25) is 0 Å². The number of rotatable bonds is 4. The lowest BCUT2D eigenvalue weighted by molar-refractivity contribution is -0.144. The molecule has 2 fully saturated rings. The van der Waals surface area contributed by atoms with Crippen LogP contribution < -0.4 is 5.32 Å². The van der Waals surface area contributed by atoms with Gasteiger partial charge in [-0.15, -0.1) is 0 Å². The minimum Gasteiger partial charge on any atom is -0.466 e. The topological polar surface area (TPSA) is 38.3 Å². The Morgan fingerprint density at radius 3 is 2.80 bits per heavy atom. The zero-order valence-corrected chi connectivity index (χ0v) is 13.6. The number of piperidine rings is 1. The third-order valence-corrected chi connectivity index (χ3v) is 5.20. The first-order chi connectivity index (χ1) is 9.43. The van der Waals surface area contributed by atoms with Gasteiger partial charge in [0.1, 0.15) is 0 Å². The lowest BCUT2D eigenvalue weighted by Gasteiger charge is -2.51. The summed E-state index contributed by atoms with van der Waals surface area (Å²) < 4.78 is 5.29. The Balaban J connectivity index is 1.92. The van der Waals surface area contributed by atoms with Gasteiger partial charge in [0.05, 0.1) is 6.61 Å². The van der Waals surface area contributed by atoms with Crippen LogP contribution >= 0.6 is 0 Å². The van der Waals surface area contributed by atoms with Crippen LogP contribution in [0.15, 0.2) is 0 Å². The largest absolute Gasteiger partial charge is 0.466 e. The zero-order chi connectivity index (χ0) is 14.8. The van der Waals surface area contributed by atoms with Gasteiger partial charge in [-0.25, -0.2) is 0 Å². The molecule has 0 spiro atoms. The zero-order valence-electron chi connectivity index (χ0n) is 13.6. The predicted molar refractivity (Wildman–Crippen MR) is 81.5 cm³/mol. The molecule has 4 atom stereocenters. The number of nitrogens with one attached hydrogen (secondary N) is 1. The van der Waals surface area contributed by atoms with E-state index in [2.05, 4.69) is 26.1 Å². The van der Waals surface area contributed by atoms with Crippen molar-refractivity contribution in [1.29, 1.82) is 0 Å². The standard InChI is InChI=1S/C17H31NO2/c1-5-15(19)20-10-9-13-7-6-8-14-16(13)12(2)11-17(3,4)18-14/h12-14,16,18H,5-11H2,1-4H3. The fraction of sp³-hybridized carbons (Fsp3) is 0.941. The molecule has 116 valence electrons. The number of hydrogen-bond donors (Lipinski definition) is 1. The average molecular weight is 281 g/mol. The van der Waals surface area contributed by atoms with Crippen LogP contribution in [0, 0.1) is 17.8 Å². The smallest absolute Gasteiger partial charge is 0.305 e. The van der Waals surface area contributed by atoms with Gasteiger partial charge < -0.3 is 10.1 Å². The van der Waals surface area contributed by atoms with Crippen molar-refractivity contribution in [1.82, 2.24) is 5.32 Å². The van der Waals surface area contributed by atoms with E-state index in [0.29, 0.717) is 19.1 Å². The summed E-state index contributed by atoms with van der Waals surface area (Å²) in [4.78, 5) is 11.3. The van der Waals surface area contributed by atoms with Gasteiger partial charge in [-0.2, -0.15) is 0 Å². The van der Waals surface area contributed by atoms with Crippen LogP contribution in [0.5, 0.6) is 0 Å². The molecule has 3 heteroatoms. The molecule has 3 nitrogen and oxygen atoms in total. The molecule has 1 saturated carbocycles. The van der Waals surface area contributed by atoms with Gasteiger partial charge >= 0.3 is 5.97 Å². The lowest BCUT2D eigenvalue weighted by atomic mass is 9.63. The highest BCUT2D eigenvalue weighted by atomic mass is 16.5. The summed E-state index contributed by atoms with van der Waals surface area (Å²) in [5, 5.41) is 3.86. The van der Waals surface area contributed by atoms with Crippen LogP contribution in [0.1, 0.15) is 66.2 Å². The molecule has 20 heavy (non-hydrogen) atoms. The van der Waals surface area contributed by atoms with Crippen molar-refractivity contribution < 1.29 is 9.53 Å². The third kappa shape index (κ3) is 3.75. The molecule has 2 rings (SSSR count). The van der Waals surface area contributed by atoms with Crippen LogP contribution in [-0.4, -0.2) is 24.2 Å². The summed E-state index contributed by atoms with van der Waals surface area (Å²) in [6, 6.07) is 0.661. The third-order valence-electron chi connectivity index (χ3n) is 5.20. The predicted octanol–water partition coefficient (Wildman–Crippen LogP) is 3.52. The van der Waals surface area contributed by atoms with E-state index < -0.39 is 0 Å². The number of carbonyl (C=O) groups excluding carboxylic acids is 1. The first-order valence-electron chi connectivity index (χ1n) is 8.36. The molecule has 1 aliphatic carbocycles. The molecule has 0 aromatic carbocycles. The van der Waals surface area contributed by atoms with Crippen molar-refractivity contribution >= 4 is 5.97 Å². The Bertz CT molecular complexity index is 340. The molecule has 2 aliphatic rings. The van der Waals surface area contributed by atoms with Crippen molar-refractivity contribution in [2.24, 2.45) is 17.8 Å². The van der Waals surface area contributed by atoms with E-state index in [0.717, 1.165) is 24.2 Å². The van der Waals surface area contributed by atoms with Gasteiger partial charge in [-0.3, -0.25) is 4.79 Å².